The fraction of sp³-hybridized carbons (Fsp3) is 0.267. The van der Waals surface area contributed by atoms with Crippen molar-refractivity contribution in [2.75, 3.05) is 12.8 Å². The summed E-state index contributed by atoms with van der Waals surface area (Å²) in [6.45, 7) is 1.86. The predicted octanol–water partition coefficient (Wildman–Crippen LogP) is 1.82. The third-order valence-corrected chi connectivity index (χ3v) is 3.96. The highest BCUT2D eigenvalue weighted by atomic mass is 32.2. The summed E-state index contributed by atoms with van der Waals surface area (Å²) in [5, 5.41) is 2.92. The molecule has 0 saturated heterocycles. The van der Waals surface area contributed by atoms with Crippen molar-refractivity contribution in [2.24, 2.45) is 0 Å². The van der Waals surface area contributed by atoms with Crippen molar-refractivity contribution in [2.45, 2.75) is 23.8 Å². The van der Waals surface area contributed by atoms with E-state index in [1.165, 1.54) is 11.8 Å². The molecule has 1 aromatic heterocycles. The molecule has 1 heterocycles. The Hall–Kier alpha value is -2.08. The lowest BCUT2D eigenvalue weighted by Crippen LogP contribution is -2.31. The average Bonchev–Trinajstić information content (AvgIpc) is 2.46. The Morgan fingerprint density at radius 2 is 2.05 bits per heavy atom. The Labute approximate surface area is 128 Å². The molecule has 110 valence electrons. The Kier molecular flexibility index (Phi) is 5.16. The van der Waals surface area contributed by atoms with Gasteiger partial charge in [-0.05, 0) is 18.9 Å². The minimum atomic E-state index is -0.293. The number of anilines is 1. The van der Waals surface area contributed by atoms with Crippen LogP contribution in [0.1, 0.15) is 11.3 Å². The van der Waals surface area contributed by atoms with Crippen molar-refractivity contribution >= 4 is 23.5 Å². The second-order valence-corrected chi connectivity index (χ2v) is 5.80. The van der Waals surface area contributed by atoms with E-state index in [-0.39, 0.29) is 11.2 Å². The van der Waals surface area contributed by atoms with Gasteiger partial charge in [0.2, 0.25) is 5.91 Å². The number of benzene rings is 1. The third-order valence-electron chi connectivity index (χ3n) is 2.90. The first-order valence-corrected chi connectivity index (χ1v) is 7.50. The van der Waals surface area contributed by atoms with Crippen LogP contribution in [0, 0.1) is 6.92 Å². The minimum absolute atomic E-state index is 0.0486. The highest BCUT2D eigenvalue weighted by molar-refractivity contribution is 8.00. The maximum Gasteiger partial charge on any atom is 0.233 e. The molecule has 0 aliphatic rings. The quantitative estimate of drug-likeness (QED) is 0.650. The molecular weight excluding hydrogens is 284 g/mol. The van der Waals surface area contributed by atoms with E-state index in [9.17, 15) is 4.79 Å². The number of nitrogen functional groups attached to an aromatic ring is 1. The number of hydrogen-bond acceptors (Lipinski definition) is 5. The van der Waals surface area contributed by atoms with Gasteiger partial charge in [-0.3, -0.25) is 4.79 Å². The van der Waals surface area contributed by atoms with Gasteiger partial charge in [0.05, 0.1) is 5.25 Å². The highest BCUT2D eigenvalue weighted by Gasteiger charge is 2.21. The van der Waals surface area contributed by atoms with Gasteiger partial charge >= 0.3 is 0 Å². The van der Waals surface area contributed by atoms with Gasteiger partial charge in [0.1, 0.15) is 5.82 Å². The van der Waals surface area contributed by atoms with Crippen molar-refractivity contribution in [3.05, 3.63) is 47.7 Å². The molecule has 2 aromatic rings. The SMILES string of the molecule is CNC(=O)[C@H](Cc1ccccc1)Sc1nc(C)cc(N)n1. The summed E-state index contributed by atoms with van der Waals surface area (Å²) < 4.78 is 0. The summed E-state index contributed by atoms with van der Waals surface area (Å²) in [5.41, 5.74) is 7.62. The van der Waals surface area contributed by atoms with Crippen molar-refractivity contribution in [1.82, 2.24) is 15.3 Å². The first kappa shape index (κ1) is 15.3. The number of aryl methyl sites for hydroxylation is 1. The van der Waals surface area contributed by atoms with Crippen LogP contribution in [0.25, 0.3) is 0 Å². The summed E-state index contributed by atoms with van der Waals surface area (Å²) >= 11 is 1.33. The molecule has 0 spiro atoms. The van der Waals surface area contributed by atoms with E-state index < -0.39 is 0 Å². The third kappa shape index (κ3) is 4.46. The zero-order valence-electron chi connectivity index (χ0n) is 12.0. The fourth-order valence-electron chi connectivity index (χ4n) is 1.92. The molecule has 2 rings (SSSR count). The van der Waals surface area contributed by atoms with Crippen LogP contribution in [0.4, 0.5) is 5.82 Å². The summed E-state index contributed by atoms with van der Waals surface area (Å²) in [7, 11) is 1.63. The standard InChI is InChI=1S/C15H18N4OS/c1-10-8-13(16)19-15(18-10)21-12(14(20)17-2)9-11-6-4-3-5-7-11/h3-8,12H,9H2,1-2H3,(H,17,20)(H2,16,18,19)/t12-/m0/s1. The van der Waals surface area contributed by atoms with Gasteiger partial charge in [-0.2, -0.15) is 0 Å². The monoisotopic (exact) mass is 302 g/mol. The van der Waals surface area contributed by atoms with Crippen LogP contribution >= 0.6 is 11.8 Å². The number of rotatable bonds is 5. The molecule has 1 amide bonds. The van der Waals surface area contributed by atoms with Crippen molar-refractivity contribution < 1.29 is 4.79 Å². The predicted molar refractivity (Wildman–Crippen MR) is 85.0 cm³/mol. The second-order valence-electron chi connectivity index (χ2n) is 4.63. The smallest absolute Gasteiger partial charge is 0.233 e. The molecule has 0 aliphatic heterocycles. The first-order valence-electron chi connectivity index (χ1n) is 6.62. The molecule has 1 aromatic carbocycles. The lowest BCUT2D eigenvalue weighted by Gasteiger charge is -2.14. The minimum Gasteiger partial charge on any atom is -0.384 e. The molecule has 0 aliphatic carbocycles. The molecule has 3 N–H and O–H groups in total. The van der Waals surface area contributed by atoms with Gasteiger partial charge in [0.15, 0.2) is 5.16 Å². The molecule has 0 bridgehead atoms. The van der Waals surface area contributed by atoms with E-state index in [2.05, 4.69) is 15.3 Å². The number of amides is 1. The molecule has 0 unspecified atom stereocenters. The van der Waals surface area contributed by atoms with Gasteiger partial charge < -0.3 is 11.1 Å². The summed E-state index contributed by atoms with van der Waals surface area (Å²) in [5.74, 6) is 0.368. The summed E-state index contributed by atoms with van der Waals surface area (Å²) in [4.78, 5) is 20.6. The van der Waals surface area contributed by atoms with Crippen molar-refractivity contribution in [3.8, 4) is 0 Å². The second kappa shape index (κ2) is 7.08. The largest absolute Gasteiger partial charge is 0.384 e. The summed E-state index contributed by atoms with van der Waals surface area (Å²) in [6.07, 6.45) is 0.613. The van der Waals surface area contributed by atoms with E-state index >= 15 is 0 Å². The normalized spacial score (nSPS) is 11.9. The zero-order valence-corrected chi connectivity index (χ0v) is 12.9. The van der Waals surface area contributed by atoms with Gasteiger partial charge in [-0.15, -0.1) is 0 Å². The average molecular weight is 302 g/mol. The number of nitrogens with one attached hydrogen (secondary N) is 1. The Balaban J connectivity index is 2.18. The molecule has 6 heteroatoms. The Morgan fingerprint density at radius 1 is 1.33 bits per heavy atom. The zero-order chi connectivity index (χ0) is 15.2. The number of carbonyl (C=O) groups excluding carboxylic acids is 1. The van der Waals surface area contributed by atoms with Crippen molar-refractivity contribution in [1.29, 1.82) is 0 Å². The number of hydrogen-bond donors (Lipinski definition) is 2. The van der Waals surface area contributed by atoms with Crippen LogP contribution in [0.15, 0.2) is 41.6 Å². The van der Waals surface area contributed by atoms with Gasteiger partial charge in [0.25, 0.3) is 0 Å². The maximum absolute atomic E-state index is 12.1. The van der Waals surface area contributed by atoms with Crippen LogP contribution in [-0.4, -0.2) is 28.2 Å². The highest BCUT2D eigenvalue weighted by Crippen LogP contribution is 2.24. The Morgan fingerprint density at radius 3 is 2.67 bits per heavy atom. The number of thioether (sulfide) groups is 1. The van der Waals surface area contributed by atoms with E-state index in [0.29, 0.717) is 17.4 Å². The van der Waals surface area contributed by atoms with Crippen LogP contribution in [0.3, 0.4) is 0 Å². The first-order chi connectivity index (χ1) is 10.1. The lowest BCUT2D eigenvalue weighted by atomic mass is 10.1. The van der Waals surface area contributed by atoms with Crippen LogP contribution in [0.5, 0.6) is 0 Å². The maximum atomic E-state index is 12.1. The fourth-order valence-corrected chi connectivity index (χ4v) is 3.03. The van der Waals surface area contributed by atoms with Crippen LogP contribution in [-0.2, 0) is 11.2 Å². The molecular formula is C15H18N4OS. The summed E-state index contributed by atoms with van der Waals surface area (Å²) in [6, 6.07) is 11.6. The van der Waals surface area contributed by atoms with Gasteiger partial charge in [0, 0.05) is 18.8 Å². The molecule has 0 fully saturated rings. The lowest BCUT2D eigenvalue weighted by molar-refractivity contribution is -0.120. The number of nitrogens with zero attached hydrogens (tertiary/aromatic N) is 2. The van der Waals surface area contributed by atoms with E-state index in [1.54, 1.807) is 13.1 Å². The molecule has 0 saturated carbocycles. The Bertz CT molecular complexity index is 598. The molecule has 5 nitrogen and oxygen atoms in total. The number of carbonyl (C=O) groups is 1. The van der Waals surface area contributed by atoms with Gasteiger partial charge in [-0.1, -0.05) is 42.1 Å². The van der Waals surface area contributed by atoms with E-state index in [0.717, 1.165) is 11.3 Å². The van der Waals surface area contributed by atoms with Gasteiger partial charge in [-0.25, -0.2) is 9.97 Å². The van der Waals surface area contributed by atoms with Crippen molar-refractivity contribution in [3.63, 3.8) is 0 Å². The van der Waals surface area contributed by atoms with E-state index in [4.69, 9.17) is 5.73 Å². The molecule has 1 atom stereocenters. The molecule has 21 heavy (non-hydrogen) atoms. The van der Waals surface area contributed by atoms with E-state index in [1.807, 2.05) is 37.3 Å². The van der Waals surface area contributed by atoms with Crippen LogP contribution in [0.2, 0.25) is 0 Å². The van der Waals surface area contributed by atoms with Crippen LogP contribution < -0.4 is 11.1 Å². The topological polar surface area (TPSA) is 80.9 Å². The molecule has 0 radical (unpaired) electrons. The number of aromatic nitrogens is 2. The number of nitrogens with two attached hydrogens (primary N) is 1.